The number of aromatic nitrogens is 1. The summed E-state index contributed by atoms with van der Waals surface area (Å²) in [6, 6.07) is 8.69. The van der Waals surface area contributed by atoms with E-state index >= 15 is 0 Å². The molecule has 1 aromatic heterocycles. The van der Waals surface area contributed by atoms with Crippen LogP contribution in [0.4, 0.5) is 0 Å². The van der Waals surface area contributed by atoms with Gasteiger partial charge in [0.05, 0.1) is 16.3 Å². The van der Waals surface area contributed by atoms with Crippen LogP contribution in [0.2, 0.25) is 0 Å². The van der Waals surface area contributed by atoms with Crippen LogP contribution in [0.15, 0.2) is 24.3 Å². The summed E-state index contributed by atoms with van der Waals surface area (Å²) in [7, 11) is 3.63. The van der Waals surface area contributed by atoms with Gasteiger partial charge in [-0.3, -0.25) is 9.69 Å². The predicted octanol–water partition coefficient (Wildman–Crippen LogP) is 2.91. The highest BCUT2D eigenvalue weighted by Crippen LogP contribution is 2.36. The van der Waals surface area contributed by atoms with Crippen molar-refractivity contribution in [1.82, 2.24) is 14.8 Å². The summed E-state index contributed by atoms with van der Waals surface area (Å²) in [5.74, 6) is 0.199. The van der Waals surface area contributed by atoms with Gasteiger partial charge in [0.1, 0.15) is 5.01 Å². The Bertz CT molecular complexity index is 604. The first-order valence-corrected chi connectivity index (χ1v) is 8.26. The van der Waals surface area contributed by atoms with Gasteiger partial charge in [-0.2, -0.15) is 0 Å². The third kappa shape index (κ3) is 3.09. The molecule has 3 rings (SSSR count). The van der Waals surface area contributed by atoms with Gasteiger partial charge >= 0.3 is 0 Å². The quantitative estimate of drug-likeness (QED) is 0.871. The number of para-hydroxylation sites is 1. The second-order valence-electron chi connectivity index (χ2n) is 5.75. The van der Waals surface area contributed by atoms with Gasteiger partial charge in [-0.1, -0.05) is 12.1 Å². The molecule has 5 heteroatoms. The fraction of sp³-hybridized carbons (Fsp3) is 0.500. The minimum Gasteiger partial charge on any atom is -0.349 e. The molecule has 0 saturated carbocycles. The highest BCUT2D eigenvalue weighted by atomic mass is 32.1. The average molecular weight is 303 g/mol. The Morgan fingerprint density at radius 3 is 3.00 bits per heavy atom. The van der Waals surface area contributed by atoms with E-state index in [4.69, 9.17) is 4.98 Å². The summed E-state index contributed by atoms with van der Waals surface area (Å²) < 4.78 is 1.25. The number of thiazole rings is 1. The van der Waals surface area contributed by atoms with Crippen molar-refractivity contribution in [1.29, 1.82) is 0 Å². The normalized spacial score (nSPS) is 19.2. The van der Waals surface area contributed by atoms with Crippen LogP contribution in [0.25, 0.3) is 10.2 Å². The number of rotatable bonds is 4. The molecule has 0 N–H and O–H groups in total. The largest absolute Gasteiger partial charge is 0.349 e. The topological polar surface area (TPSA) is 36.4 Å². The Hall–Kier alpha value is -1.46. The highest BCUT2D eigenvalue weighted by Gasteiger charge is 2.28. The Kier molecular flexibility index (Phi) is 4.22. The van der Waals surface area contributed by atoms with Crippen molar-refractivity contribution >= 4 is 27.5 Å². The monoisotopic (exact) mass is 303 g/mol. The highest BCUT2D eigenvalue weighted by molar-refractivity contribution is 7.18. The van der Waals surface area contributed by atoms with E-state index in [0.29, 0.717) is 12.5 Å². The number of fused-ring (bicyclic) bond motifs is 1. The predicted molar refractivity (Wildman–Crippen MR) is 86.5 cm³/mol. The molecule has 21 heavy (non-hydrogen) atoms. The minimum absolute atomic E-state index is 0.199. The van der Waals surface area contributed by atoms with Crippen LogP contribution in [0.5, 0.6) is 0 Å². The molecule has 1 aliphatic rings. The Balaban J connectivity index is 1.72. The molecule has 4 nitrogen and oxygen atoms in total. The summed E-state index contributed by atoms with van der Waals surface area (Å²) in [4.78, 5) is 20.6. The number of likely N-dealkylation sites (tertiary alicyclic amines) is 1. The van der Waals surface area contributed by atoms with Crippen LogP contribution in [0.3, 0.4) is 0 Å². The van der Waals surface area contributed by atoms with Crippen molar-refractivity contribution in [3.8, 4) is 0 Å². The second kappa shape index (κ2) is 6.12. The van der Waals surface area contributed by atoms with Crippen molar-refractivity contribution in [2.24, 2.45) is 0 Å². The fourth-order valence-electron chi connectivity index (χ4n) is 2.87. The zero-order valence-corrected chi connectivity index (χ0v) is 13.4. The molecular formula is C16H21N3OS. The van der Waals surface area contributed by atoms with Crippen molar-refractivity contribution in [3.05, 3.63) is 29.3 Å². The Labute approximate surface area is 129 Å². The molecule has 1 amide bonds. The zero-order chi connectivity index (χ0) is 14.8. The number of carbonyl (C=O) groups excluding carboxylic acids is 1. The lowest BCUT2D eigenvalue weighted by molar-refractivity contribution is -0.129. The molecule has 0 bridgehead atoms. The zero-order valence-electron chi connectivity index (χ0n) is 12.6. The molecule has 1 saturated heterocycles. The molecule has 1 aliphatic heterocycles. The van der Waals surface area contributed by atoms with E-state index in [-0.39, 0.29) is 5.91 Å². The second-order valence-corrected chi connectivity index (χ2v) is 6.81. The molecule has 112 valence electrons. The minimum atomic E-state index is 0.199. The third-order valence-electron chi connectivity index (χ3n) is 4.07. The molecular weight excluding hydrogens is 282 g/mol. The maximum Gasteiger partial charge on any atom is 0.223 e. The molecule has 1 fully saturated rings. The van der Waals surface area contributed by atoms with Crippen LogP contribution in [-0.4, -0.2) is 47.9 Å². The van der Waals surface area contributed by atoms with Crippen LogP contribution >= 0.6 is 11.3 Å². The smallest absolute Gasteiger partial charge is 0.223 e. The number of hydrogen-bond acceptors (Lipinski definition) is 4. The van der Waals surface area contributed by atoms with Crippen LogP contribution < -0.4 is 0 Å². The number of carbonyl (C=O) groups is 1. The van der Waals surface area contributed by atoms with Gasteiger partial charge in [-0.25, -0.2) is 4.98 Å². The van der Waals surface area contributed by atoms with E-state index < -0.39 is 0 Å². The number of benzene rings is 1. The third-order valence-corrected chi connectivity index (χ3v) is 5.21. The summed E-state index contributed by atoms with van der Waals surface area (Å²) in [5.41, 5.74) is 1.09. The van der Waals surface area contributed by atoms with Crippen molar-refractivity contribution in [2.45, 2.75) is 25.3 Å². The van der Waals surface area contributed by atoms with Gasteiger partial charge in [0.2, 0.25) is 5.91 Å². The van der Waals surface area contributed by atoms with E-state index in [9.17, 15) is 4.79 Å². The Morgan fingerprint density at radius 1 is 1.43 bits per heavy atom. The number of amides is 1. The van der Waals surface area contributed by atoms with E-state index in [1.54, 1.807) is 16.2 Å². The maximum atomic E-state index is 11.8. The lowest BCUT2D eigenvalue weighted by Gasteiger charge is -2.23. The number of hydrogen-bond donors (Lipinski definition) is 0. The van der Waals surface area contributed by atoms with Crippen LogP contribution in [0, 0.1) is 0 Å². The summed E-state index contributed by atoms with van der Waals surface area (Å²) in [5, 5.41) is 1.20. The molecule has 0 unspecified atom stereocenters. The molecule has 2 aromatic rings. The first-order chi connectivity index (χ1) is 10.1. The van der Waals surface area contributed by atoms with Gasteiger partial charge in [0.25, 0.3) is 0 Å². The Morgan fingerprint density at radius 2 is 2.24 bits per heavy atom. The van der Waals surface area contributed by atoms with E-state index in [0.717, 1.165) is 25.0 Å². The van der Waals surface area contributed by atoms with Gasteiger partial charge in [-0.05, 0) is 31.5 Å². The molecule has 1 aromatic carbocycles. The van der Waals surface area contributed by atoms with Gasteiger partial charge < -0.3 is 4.90 Å². The fourth-order valence-corrected chi connectivity index (χ4v) is 4.01. The average Bonchev–Trinajstić information content (AvgIpc) is 3.10. The van der Waals surface area contributed by atoms with Gasteiger partial charge in [0, 0.05) is 27.1 Å². The standard InChI is InChI=1S/C16H21N3OS/c1-18(2)15(20)9-11-19-10-5-7-13(19)16-17-12-6-3-4-8-14(12)21-16/h3-4,6,8,13H,5,7,9-11H2,1-2H3/t13-/m1/s1. The van der Waals surface area contributed by atoms with Crippen molar-refractivity contribution < 1.29 is 4.79 Å². The SMILES string of the molecule is CN(C)C(=O)CCN1CCC[C@@H]1c1nc2ccccc2s1. The van der Waals surface area contributed by atoms with Crippen molar-refractivity contribution in [2.75, 3.05) is 27.2 Å². The van der Waals surface area contributed by atoms with Gasteiger partial charge in [0.15, 0.2) is 0 Å². The maximum absolute atomic E-state index is 11.8. The van der Waals surface area contributed by atoms with Crippen LogP contribution in [-0.2, 0) is 4.79 Å². The molecule has 0 radical (unpaired) electrons. The summed E-state index contributed by atoms with van der Waals surface area (Å²) in [6.07, 6.45) is 2.93. The van der Waals surface area contributed by atoms with E-state index in [1.165, 1.54) is 16.1 Å². The molecule has 2 heterocycles. The number of nitrogens with zero attached hydrogens (tertiary/aromatic N) is 3. The molecule has 1 atom stereocenters. The lowest BCUT2D eigenvalue weighted by atomic mass is 10.2. The van der Waals surface area contributed by atoms with Gasteiger partial charge in [-0.15, -0.1) is 11.3 Å². The molecule has 0 spiro atoms. The summed E-state index contributed by atoms with van der Waals surface area (Å²) >= 11 is 1.79. The van der Waals surface area contributed by atoms with Crippen LogP contribution in [0.1, 0.15) is 30.3 Å². The molecule has 0 aliphatic carbocycles. The first-order valence-electron chi connectivity index (χ1n) is 7.45. The van der Waals surface area contributed by atoms with E-state index in [1.807, 2.05) is 20.2 Å². The van der Waals surface area contributed by atoms with Crippen molar-refractivity contribution in [3.63, 3.8) is 0 Å². The summed E-state index contributed by atoms with van der Waals surface area (Å²) in [6.45, 7) is 1.90. The first kappa shape index (κ1) is 14.5. The lowest BCUT2D eigenvalue weighted by Crippen LogP contribution is -2.30. The van der Waals surface area contributed by atoms with E-state index in [2.05, 4.69) is 23.1 Å².